The third kappa shape index (κ3) is 5.00. The van der Waals surface area contributed by atoms with Crippen molar-refractivity contribution in [2.45, 2.75) is 25.3 Å². The molecule has 4 aromatic carbocycles. The number of nitrogens with zero attached hydrogens (tertiary/aromatic N) is 2. The molecule has 6 heteroatoms. The zero-order chi connectivity index (χ0) is 27.6. The number of allylic oxidation sites excluding steroid dienone is 1. The Bertz CT molecular complexity index is 1610. The van der Waals surface area contributed by atoms with Crippen molar-refractivity contribution in [2.24, 2.45) is 11.0 Å². The molecule has 1 aliphatic heterocycles. The first-order valence-electron chi connectivity index (χ1n) is 13.3. The lowest BCUT2D eigenvalue weighted by molar-refractivity contribution is 0.0680. The Kier molecular flexibility index (Phi) is 6.91. The summed E-state index contributed by atoms with van der Waals surface area (Å²) >= 11 is 0. The highest BCUT2D eigenvalue weighted by Gasteiger charge is 2.44. The molecule has 2 aliphatic rings. The molecule has 40 heavy (non-hydrogen) atoms. The number of carbonyl (C=O) groups excluding carboxylic acids is 2. The van der Waals surface area contributed by atoms with E-state index in [1.807, 2.05) is 24.3 Å². The first kappa shape index (κ1) is 25.6. The van der Waals surface area contributed by atoms with Crippen molar-refractivity contribution in [3.05, 3.63) is 148 Å². The van der Waals surface area contributed by atoms with Crippen LogP contribution in [0.25, 0.3) is 6.08 Å². The van der Waals surface area contributed by atoms with Crippen molar-refractivity contribution in [2.75, 3.05) is 0 Å². The highest BCUT2D eigenvalue weighted by atomic mass is 19.1. The van der Waals surface area contributed by atoms with Crippen LogP contribution in [-0.2, 0) is 0 Å². The van der Waals surface area contributed by atoms with Crippen LogP contribution in [0, 0.1) is 17.6 Å². The molecule has 1 aliphatic carbocycles. The number of hydrogen-bond donors (Lipinski definition) is 0. The number of hydrazone groups is 1. The van der Waals surface area contributed by atoms with Gasteiger partial charge in [-0.3, -0.25) is 9.59 Å². The summed E-state index contributed by atoms with van der Waals surface area (Å²) in [5, 5.41) is 6.37. The molecule has 1 heterocycles. The second kappa shape index (κ2) is 10.8. The number of fused-ring (bicyclic) bond motifs is 1. The Morgan fingerprint density at radius 3 is 2.02 bits per heavy atom. The summed E-state index contributed by atoms with van der Waals surface area (Å²) in [6, 6.07) is 27.7. The normalized spacial score (nSPS) is 19.3. The minimum Gasteiger partial charge on any atom is -0.289 e. The van der Waals surface area contributed by atoms with E-state index in [1.165, 1.54) is 29.3 Å². The Labute approximate surface area is 231 Å². The van der Waals surface area contributed by atoms with Gasteiger partial charge in [0.25, 0.3) is 5.91 Å². The molecule has 4 aromatic rings. The van der Waals surface area contributed by atoms with Crippen LogP contribution >= 0.6 is 0 Å². The summed E-state index contributed by atoms with van der Waals surface area (Å²) in [7, 11) is 0. The highest BCUT2D eigenvalue weighted by Crippen LogP contribution is 2.45. The maximum atomic E-state index is 13.9. The lowest BCUT2D eigenvalue weighted by Crippen LogP contribution is -2.32. The molecule has 198 valence electrons. The Morgan fingerprint density at radius 1 is 0.750 bits per heavy atom. The minimum atomic E-state index is -0.398. The Balaban J connectivity index is 1.35. The molecular formula is C34H26F2N2O2. The number of hydrogen-bond acceptors (Lipinski definition) is 3. The average Bonchev–Trinajstić information content (AvgIpc) is 3.39. The monoisotopic (exact) mass is 532 g/mol. The molecule has 6 rings (SSSR count). The fraction of sp³-hybridized carbons (Fsp3) is 0.147. The highest BCUT2D eigenvalue weighted by molar-refractivity contribution is 6.10. The van der Waals surface area contributed by atoms with Crippen LogP contribution < -0.4 is 0 Å². The van der Waals surface area contributed by atoms with Gasteiger partial charge in [0.15, 0.2) is 5.78 Å². The van der Waals surface area contributed by atoms with Crippen LogP contribution in [-0.4, -0.2) is 22.4 Å². The van der Waals surface area contributed by atoms with Gasteiger partial charge in [-0.05, 0) is 78.4 Å². The van der Waals surface area contributed by atoms with Gasteiger partial charge in [-0.1, -0.05) is 66.7 Å². The molecule has 1 saturated carbocycles. The van der Waals surface area contributed by atoms with Crippen molar-refractivity contribution in [1.29, 1.82) is 0 Å². The van der Waals surface area contributed by atoms with E-state index in [9.17, 15) is 18.4 Å². The minimum absolute atomic E-state index is 0.0613. The van der Waals surface area contributed by atoms with E-state index >= 15 is 0 Å². The number of rotatable bonds is 5. The summed E-state index contributed by atoms with van der Waals surface area (Å²) in [4.78, 5) is 26.7. The fourth-order valence-corrected chi connectivity index (χ4v) is 5.57. The molecule has 0 spiro atoms. The third-order valence-corrected chi connectivity index (χ3v) is 7.56. The summed E-state index contributed by atoms with van der Waals surface area (Å²) in [5.41, 5.74) is 4.98. The van der Waals surface area contributed by atoms with E-state index in [0.29, 0.717) is 16.7 Å². The van der Waals surface area contributed by atoms with Crippen molar-refractivity contribution < 1.29 is 18.4 Å². The summed E-state index contributed by atoms with van der Waals surface area (Å²) in [6.45, 7) is 0. The van der Waals surface area contributed by atoms with Crippen molar-refractivity contribution in [1.82, 2.24) is 5.01 Å². The van der Waals surface area contributed by atoms with E-state index < -0.39 is 6.04 Å². The molecule has 0 bridgehead atoms. The Hall–Kier alpha value is -4.71. The third-order valence-electron chi connectivity index (χ3n) is 7.56. The summed E-state index contributed by atoms with van der Waals surface area (Å²) < 4.78 is 27.3. The van der Waals surface area contributed by atoms with Gasteiger partial charge in [-0.2, -0.15) is 5.10 Å². The maximum absolute atomic E-state index is 13.9. The molecule has 0 aromatic heterocycles. The number of amides is 1. The lowest BCUT2D eigenvalue weighted by atomic mass is 9.77. The molecule has 0 N–H and O–H groups in total. The van der Waals surface area contributed by atoms with Gasteiger partial charge in [-0.25, -0.2) is 13.8 Å². The van der Waals surface area contributed by atoms with Gasteiger partial charge in [0.1, 0.15) is 11.6 Å². The Morgan fingerprint density at radius 2 is 1.35 bits per heavy atom. The molecular weight excluding hydrogens is 506 g/mol. The van der Waals surface area contributed by atoms with Gasteiger partial charge in [-0.15, -0.1) is 0 Å². The molecule has 0 saturated heterocycles. The molecule has 2 unspecified atom stereocenters. The number of halogens is 2. The smallest absolute Gasteiger partial charge is 0.274 e. The van der Waals surface area contributed by atoms with E-state index in [0.717, 1.165) is 41.7 Å². The van der Waals surface area contributed by atoms with Gasteiger partial charge >= 0.3 is 0 Å². The van der Waals surface area contributed by atoms with Gasteiger partial charge in [0.2, 0.25) is 0 Å². The fourth-order valence-electron chi connectivity index (χ4n) is 5.57. The zero-order valence-electron chi connectivity index (χ0n) is 21.6. The van der Waals surface area contributed by atoms with Crippen LogP contribution in [0.1, 0.15) is 62.7 Å². The van der Waals surface area contributed by atoms with Gasteiger partial charge in [0, 0.05) is 22.6 Å². The van der Waals surface area contributed by atoms with Gasteiger partial charge in [0.05, 0.1) is 11.8 Å². The zero-order valence-corrected chi connectivity index (χ0v) is 21.6. The van der Waals surface area contributed by atoms with E-state index in [4.69, 9.17) is 5.10 Å². The van der Waals surface area contributed by atoms with Crippen LogP contribution in [0.3, 0.4) is 0 Å². The second-order valence-corrected chi connectivity index (χ2v) is 10.1. The molecule has 2 atom stereocenters. The largest absolute Gasteiger partial charge is 0.289 e. The van der Waals surface area contributed by atoms with Crippen LogP contribution in [0.15, 0.2) is 114 Å². The number of benzene rings is 4. The van der Waals surface area contributed by atoms with Crippen LogP contribution in [0.5, 0.6) is 0 Å². The van der Waals surface area contributed by atoms with Crippen LogP contribution in [0.4, 0.5) is 8.78 Å². The van der Waals surface area contributed by atoms with Crippen molar-refractivity contribution in [3.63, 3.8) is 0 Å². The van der Waals surface area contributed by atoms with E-state index in [2.05, 4.69) is 0 Å². The van der Waals surface area contributed by atoms with E-state index in [-0.39, 0.29) is 29.2 Å². The predicted molar refractivity (Wildman–Crippen MR) is 151 cm³/mol. The standard InChI is InChI=1S/C34H26F2N2O2/c35-28-17-9-22(10-18-28)21-27-7-4-8-30-31(27)37-38(32(30)23-15-19-29(36)20-16-23)34(40)26-13-11-25(12-14-26)33(39)24-5-2-1-3-6-24/h1-3,5-6,9-21,30,32H,4,7-8H2. The molecule has 1 amide bonds. The second-order valence-electron chi connectivity index (χ2n) is 10.1. The summed E-state index contributed by atoms with van der Waals surface area (Å²) in [5.74, 6) is -1.12. The maximum Gasteiger partial charge on any atom is 0.274 e. The molecule has 1 fully saturated rings. The quantitative estimate of drug-likeness (QED) is 0.248. The lowest BCUT2D eigenvalue weighted by Gasteiger charge is -2.29. The average molecular weight is 533 g/mol. The first-order valence-corrected chi connectivity index (χ1v) is 13.3. The SMILES string of the molecule is O=C(c1ccccc1)c1ccc(C(=O)N2N=C3C(=Cc4ccc(F)cc4)CCCC3C2c2ccc(F)cc2)cc1. The molecule has 0 radical (unpaired) electrons. The van der Waals surface area contributed by atoms with Crippen molar-refractivity contribution >= 4 is 23.5 Å². The van der Waals surface area contributed by atoms with Gasteiger partial charge < -0.3 is 0 Å². The number of carbonyl (C=O) groups is 2. The van der Waals surface area contributed by atoms with Crippen molar-refractivity contribution in [3.8, 4) is 0 Å². The van der Waals surface area contributed by atoms with Crippen LogP contribution in [0.2, 0.25) is 0 Å². The predicted octanol–water partition coefficient (Wildman–Crippen LogP) is 7.63. The topological polar surface area (TPSA) is 49.7 Å². The first-order chi connectivity index (χ1) is 19.5. The molecule has 4 nitrogen and oxygen atoms in total. The summed E-state index contributed by atoms with van der Waals surface area (Å²) in [6.07, 6.45) is 4.54. The van der Waals surface area contributed by atoms with E-state index in [1.54, 1.807) is 60.7 Å². The number of ketones is 1.